The van der Waals surface area contributed by atoms with Crippen LogP contribution >= 0.6 is 11.8 Å². The molecule has 2 heterocycles. The molecule has 0 bridgehead atoms. The van der Waals surface area contributed by atoms with E-state index in [9.17, 15) is 4.39 Å². The van der Waals surface area contributed by atoms with Gasteiger partial charge in [-0.05, 0) is 50.0 Å². The molecule has 1 aromatic heterocycles. The second-order valence-corrected chi connectivity index (χ2v) is 5.72. The van der Waals surface area contributed by atoms with Gasteiger partial charge in [0.1, 0.15) is 5.82 Å². The lowest BCUT2D eigenvalue weighted by molar-refractivity contribution is 0.407. The van der Waals surface area contributed by atoms with Crippen molar-refractivity contribution in [3.63, 3.8) is 0 Å². The van der Waals surface area contributed by atoms with Gasteiger partial charge in [0.2, 0.25) is 0 Å². The van der Waals surface area contributed by atoms with Gasteiger partial charge in [0.05, 0.1) is 11.0 Å². The topological polar surface area (TPSA) is 40.7 Å². The molecule has 0 amide bonds. The minimum absolute atomic E-state index is 0.221. The van der Waals surface area contributed by atoms with Gasteiger partial charge < -0.3 is 10.3 Å². The van der Waals surface area contributed by atoms with Crippen LogP contribution in [0.25, 0.3) is 11.0 Å². The number of halogens is 1. The first-order valence-electron chi connectivity index (χ1n) is 6.30. The van der Waals surface area contributed by atoms with Gasteiger partial charge in [0, 0.05) is 5.75 Å². The number of imidazole rings is 1. The Morgan fingerprint density at radius 2 is 2.17 bits per heavy atom. The Labute approximate surface area is 110 Å². The van der Waals surface area contributed by atoms with E-state index < -0.39 is 0 Å². The van der Waals surface area contributed by atoms with Crippen LogP contribution in [0, 0.1) is 11.7 Å². The number of aromatic nitrogens is 2. The third-order valence-corrected chi connectivity index (χ3v) is 4.44. The van der Waals surface area contributed by atoms with Gasteiger partial charge in [-0.3, -0.25) is 0 Å². The van der Waals surface area contributed by atoms with E-state index in [0.29, 0.717) is 0 Å². The zero-order valence-corrected chi connectivity index (χ0v) is 10.9. The highest BCUT2D eigenvalue weighted by Gasteiger charge is 2.14. The van der Waals surface area contributed by atoms with E-state index in [-0.39, 0.29) is 5.82 Å². The third kappa shape index (κ3) is 2.67. The fraction of sp³-hybridized carbons (Fsp3) is 0.462. The van der Waals surface area contributed by atoms with Crippen molar-refractivity contribution in [2.75, 3.05) is 18.8 Å². The summed E-state index contributed by atoms with van der Waals surface area (Å²) in [5.74, 6) is 1.63. The van der Waals surface area contributed by atoms with Crippen molar-refractivity contribution < 1.29 is 4.39 Å². The van der Waals surface area contributed by atoms with E-state index >= 15 is 0 Å². The van der Waals surface area contributed by atoms with Crippen molar-refractivity contribution >= 4 is 22.8 Å². The molecular formula is C13H16FN3S. The number of benzene rings is 1. The molecular weight excluding hydrogens is 249 g/mol. The molecule has 96 valence electrons. The second kappa shape index (κ2) is 5.28. The summed E-state index contributed by atoms with van der Waals surface area (Å²) in [6.45, 7) is 2.24. The van der Waals surface area contributed by atoms with Crippen LogP contribution in [0.3, 0.4) is 0 Å². The summed E-state index contributed by atoms with van der Waals surface area (Å²) >= 11 is 1.74. The smallest absolute Gasteiger partial charge is 0.166 e. The van der Waals surface area contributed by atoms with Crippen LogP contribution in [0.4, 0.5) is 4.39 Å². The summed E-state index contributed by atoms with van der Waals surface area (Å²) in [5.41, 5.74) is 1.62. The maximum Gasteiger partial charge on any atom is 0.166 e. The molecule has 1 aliphatic rings. The minimum atomic E-state index is -0.221. The second-order valence-electron chi connectivity index (χ2n) is 4.71. The highest BCUT2D eigenvalue weighted by atomic mass is 32.2. The van der Waals surface area contributed by atoms with Crippen LogP contribution in [-0.4, -0.2) is 28.8 Å². The first-order chi connectivity index (χ1) is 8.81. The molecule has 1 aliphatic heterocycles. The number of piperidine rings is 1. The van der Waals surface area contributed by atoms with E-state index in [0.717, 1.165) is 41.0 Å². The summed E-state index contributed by atoms with van der Waals surface area (Å²) in [4.78, 5) is 7.64. The molecule has 0 radical (unpaired) electrons. The van der Waals surface area contributed by atoms with Crippen molar-refractivity contribution in [3.05, 3.63) is 24.0 Å². The highest BCUT2D eigenvalue weighted by molar-refractivity contribution is 7.99. The molecule has 5 heteroatoms. The van der Waals surface area contributed by atoms with Gasteiger partial charge in [-0.15, -0.1) is 0 Å². The average molecular weight is 265 g/mol. The maximum absolute atomic E-state index is 13.1. The number of aromatic amines is 1. The first kappa shape index (κ1) is 12.0. The highest BCUT2D eigenvalue weighted by Crippen LogP contribution is 2.25. The molecule has 2 aromatic rings. The van der Waals surface area contributed by atoms with Gasteiger partial charge in [-0.1, -0.05) is 11.8 Å². The lowest BCUT2D eigenvalue weighted by Crippen LogP contribution is -2.28. The Bertz CT molecular complexity index is 534. The van der Waals surface area contributed by atoms with Crippen molar-refractivity contribution in [1.82, 2.24) is 15.3 Å². The lowest BCUT2D eigenvalue weighted by Gasteiger charge is -2.21. The van der Waals surface area contributed by atoms with Gasteiger partial charge >= 0.3 is 0 Å². The predicted molar refractivity (Wildman–Crippen MR) is 72.4 cm³/mol. The van der Waals surface area contributed by atoms with Crippen LogP contribution in [0.1, 0.15) is 12.8 Å². The van der Waals surface area contributed by atoms with Crippen molar-refractivity contribution in [3.8, 4) is 0 Å². The molecule has 1 saturated heterocycles. The fourth-order valence-corrected chi connectivity index (χ4v) is 3.34. The molecule has 1 fully saturated rings. The Kier molecular flexibility index (Phi) is 3.52. The Morgan fingerprint density at radius 1 is 1.33 bits per heavy atom. The molecule has 1 aromatic carbocycles. The van der Waals surface area contributed by atoms with Crippen molar-refractivity contribution in [2.24, 2.45) is 5.92 Å². The normalized spacial score (nSPS) is 17.4. The summed E-state index contributed by atoms with van der Waals surface area (Å²) in [7, 11) is 0. The molecule has 2 N–H and O–H groups in total. The van der Waals surface area contributed by atoms with Crippen molar-refractivity contribution in [2.45, 2.75) is 18.0 Å². The zero-order valence-electron chi connectivity index (χ0n) is 10.1. The number of nitrogens with zero attached hydrogens (tertiary/aromatic N) is 1. The lowest BCUT2D eigenvalue weighted by atomic mass is 10.0. The van der Waals surface area contributed by atoms with Crippen LogP contribution in [0.5, 0.6) is 0 Å². The summed E-state index contributed by atoms with van der Waals surface area (Å²) < 4.78 is 13.1. The average Bonchev–Trinajstić information content (AvgIpc) is 2.79. The quantitative estimate of drug-likeness (QED) is 0.838. The molecule has 0 unspecified atom stereocenters. The van der Waals surface area contributed by atoms with E-state index in [1.54, 1.807) is 17.8 Å². The van der Waals surface area contributed by atoms with E-state index in [1.165, 1.54) is 25.0 Å². The summed E-state index contributed by atoms with van der Waals surface area (Å²) in [6.07, 6.45) is 2.48. The number of thioether (sulfide) groups is 1. The molecule has 3 nitrogen and oxygen atoms in total. The van der Waals surface area contributed by atoms with Gasteiger partial charge in [0.15, 0.2) is 5.16 Å². The molecule has 0 saturated carbocycles. The maximum atomic E-state index is 13.1. The number of fused-ring (bicyclic) bond motifs is 1. The van der Waals surface area contributed by atoms with E-state index in [1.807, 2.05) is 0 Å². The van der Waals surface area contributed by atoms with Crippen LogP contribution in [0.2, 0.25) is 0 Å². The Morgan fingerprint density at radius 3 is 3.00 bits per heavy atom. The standard InChI is InChI=1S/C13H16FN3S/c14-10-1-2-11-12(7-10)17-13(16-11)18-8-9-3-5-15-6-4-9/h1-2,7,9,15H,3-6,8H2,(H,16,17). The third-order valence-electron chi connectivity index (χ3n) is 3.34. The monoisotopic (exact) mass is 265 g/mol. The van der Waals surface area contributed by atoms with Gasteiger partial charge in [-0.25, -0.2) is 9.37 Å². The number of hydrogen-bond donors (Lipinski definition) is 2. The molecule has 0 aliphatic carbocycles. The SMILES string of the molecule is Fc1ccc2nc(SCC3CCNCC3)[nH]c2c1. The zero-order chi connectivity index (χ0) is 12.4. The molecule has 0 spiro atoms. The largest absolute Gasteiger partial charge is 0.333 e. The number of hydrogen-bond acceptors (Lipinski definition) is 3. The summed E-state index contributed by atoms with van der Waals surface area (Å²) in [5, 5.41) is 4.26. The minimum Gasteiger partial charge on any atom is -0.333 e. The van der Waals surface area contributed by atoms with Crippen LogP contribution in [0.15, 0.2) is 23.4 Å². The first-order valence-corrected chi connectivity index (χ1v) is 7.28. The van der Waals surface area contributed by atoms with Gasteiger partial charge in [0.25, 0.3) is 0 Å². The summed E-state index contributed by atoms with van der Waals surface area (Å²) in [6, 6.07) is 4.66. The van der Waals surface area contributed by atoms with Crippen molar-refractivity contribution in [1.29, 1.82) is 0 Å². The van der Waals surface area contributed by atoms with Crippen LogP contribution < -0.4 is 5.32 Å². The van der Waals surface area contributed by atoms with E-state index in [4.69, 9.17) is 0 Å². The van der Waals surface area contributed by atoms with E-state index in [2.05, 4.69) is 15.3 Å². The molecule has 18 heavy (non-hydrogen) atoms. The fourth-order valence-electron chi connectivity index (χ4n) is 2.27. The van der Waals surface area contributed by atoms with Gasteiger partial charge in [-0.2, -0.15) is 0 Å². The Hall–Kier alpha value is -1.07. The molecule has 0 atom stereocenters. The molecule has 3 rings (SSSR count). The number of rotatable bonds is 3. The number of nitrogens with one attached hydrogen (secondary N) is 2. The Balaban J connectivity index is 1.67. The predicted octanol–water partition coefficient (Wildman–Crippen LogP) is 2.79. The number of H-pyrrole nitrogens is 1. The van der Waals surface area contributed by atoms with Crippen LogP contribution in [-0.2, 0) is 0 Å².